The molecule has 4 heteroatoms. The van der Waals surface area contributed by atoms with Gasteiger partial charge in [0.25, 0.3) is 0 Å². The Morgan fingerprint density at radius 2 is 2.07 bits per heavy atom. The van der Waals surface area contributed by atoms with Gasteiger partial charge < -0.3 is 4.98 Å². The van der Waals surface area contributed by atoms with E-state index in [0.717, 1.165) is 17.5 Å². The number of nitrogens with zero attached hydrogens (tertiary/aromatic N) is 2. The van der Waals surface area contributed by atoms with Crippen LogP contribution < -0.4 is 5.56 Å². The van der Waals surface area contributed by atoms with Crippen molar-refractivity contribution in [2.75, 3.05) is 0 Å². The van der Waals surface area contributed by atoms with E-state index < -0.39 is 0 Å². The standard InChI is InChI=1S/C11H11N3O/c1-2-8-6-13-11(14-7-8)9-3-4-12-10(15)5-9/h3-7H,2H2,1H3,(H,12,15). The summed E-state index contributed by atoms with van der Waals surface area (Å²) < 4.78 is 0. The maximum atomic E-state index is 11.1. The molecule has 0 aliphatic carbocycles. The van der Waals surface area contributed by atoms with Crippen molar-refractivity contribution in [3.8, 4) is 11.4 Å². The molecule has 2 aromatic rings. The van der Waals surface area contributed by atoms with Crippen LogP contribution >= 0.6 is 0 Å². The molecule has 0 aliphatic rings. The van der Waals surface area contributed by atoms with Gasteiger partial charge in [0.15, 0.2) is 5.82 Å². The van der Waals surface area contributed by atoms with Crippen LogP contribution in [-0.2, 0) is 6.42 Å². The molecule has 0 bridgehead atoms. The molecular weight excluding hydrogens is 190 g/mol. The number of aromatic nitrogens is 3. The monoisotopic (exact) mass is 201 g/mol. The minimum absolute atomic E-state index is 0.143. The highest BCUT2D eigenvalue weighted by Crippen LogP contribution is 2.10. The summed E-state index contributed by atoms with van der Waals surface area (Å²) in [5, 5.41) is 0. The van der Waals surface area contributed by atoms with Gasteiger partial charge in [-0.05, 0) is 18.1 Å². The number of aryl methyl sites for hydroxylation is 1. The van der Waals surface area contributed by atoms with E-state index in [1.54, 1.807) is 24.7 Å². The third-order valence-corrected chi connectivity index (χ3v) is 2.15. The molecule has 0 saturated carbocycles. The van der Waals surface area contributed by atoms with Gasteiger partial charge in [-0.15, -0.1) is 0 Å². The predicted molar refractivity (Wildman–Crippen MR) is 57.5 cm³/mol. The second-order valence-electron chi connectivity index (χ2n) is 3.21. The van der Waals surface area contributed by atoms with Gasteiger partial charge in [-0.1, -0.05) is 6.92 Å². The molecule has 0 radical (unpaired) electrons. The van der Waals surface area contributed by atoms with Crippen LogP contribution in [0.3, 0.4) is 0 Å². The number of pyridine rings is 1. The number of aromatic amines is 1. The molecule has 0 saturated heterocycles. The Labute approximate surface area is 87.0 Å². The molecule has 0 unspecified atom stereocenters. The van der Waals surface area contributed by atoms with Crippen LogP contribution in [0.15, 0.2) is 35.5 Å². The van der Waals surface area contributed by atoms with E-state index in [1.165, 1.54) is 6.07 Å². The maximum Gasteiger partial charge on any atom is 0.248 e. The van der Waals surface area contributed by atoms with Crippen LogP contribution in [0.1, 0.15) is 12.5 Å². The van der Waals surface area contributed by atoms with Crippen molar-refractivity contribution >= 4 is 0 Å². The highest BCUT2D eigenvalue weighted by molar-refractivity contribution is 5.53. The average Bonchev–Trinajstić information content (AvgIpc) is 2.29. The molecule has 0 amide bonds. The first-order chi connectivity index (χ1) is 7.29. The van der Waals surface area contributed by atoms with Gasteiger partial charge in [0, 0.05) is 30.2 Å². The molecule has 0 aliphatic heterocycles. The third-order valence-electron chi connectivity index (χ3n) is 2.15. The summed E-state index contributed by atoms with van der Waals surface area (Å²) in [5.41, 5.74) is 1.68. The minimum Gasteiger partial charge on any atom is -0.329 e. The lowest BCUT2D eigenvalue weighted by molar-refractivity contribution is 1.05. The molecule has 0 atom stereocenters. The molecule has 0 fully saturated rings. The van der Waals surface area contributed by atoms with Crippen LogP contribution in [-0.4, -0.2) is 15.0 Å². The summed E-state index contributed by atoms with van der Waals surface area (Å²) in [5.74, 6) is 0.582. The summed E-state index contributed by atoms with van der Waals surface area (Å²) in [6.07, 6.45) is 6.07. The lowest BCUT2D eigenvalue weighted by Crippen LogP contribution is -2.03. The molecule has 15 heavy (non-hydrogen) atoms. The van der Waals surface area contributed by atoms with Crippen molar-refractivity contribution in [3.63, 3.8) is 0 Å². The fourth-order valence-corrected chi connectivity index (χ4v) is 1.27. The number of rotatable bonds is 2. The van der Waals surface area contributed by atoms with Crippen molar-refractivity contribution < 1.29 is 0 Å². The van der Waals surface area contributed by atoms with Crippen molar-refractivity contribution in [3.05, 3.63) is 46.6 Å². The van der Waals surface area contributed by atoms with E-state index in [4.69, 9.17) is 0 Å². The van der Waals surface area contributed by atoms with Gasteiger partial charge in [0.05, 0.1) is 0 Å². The Morgan fingerprint density at radius 3 is 2.67 bits per heavy atom. The lowest BCUT2D eigenvalue weighted by atomic mass is 10.2. The summed E-state index contributed by atoms with van der Waals surface area (Å²) >= 11 is 0. The molecule has 0 spiro atoms. The Bertz CT molecular complexity index is 502. The molecule has 2 rings (SSSR count). The largest absolute Gasteiger partial charge is 0.329 e. The summed E-state index contributed by atoms with van der Waals surface area (Å²) in [7, 11) is 0. The Hall–Kier alpha value is -1.97. The SMILES string of the molecule is CCc1cnc(-c2cc[nH]c(=O)c2)nc1. The molecule has 1 N–H and O–H groups in total. The number of hydrogen-bond acceptors (Lipinski definition) is 3. The molecule has 4 nitrogen and oxygen atoms in total. The first kappa shape index (κ1) is 9.58. The van der Waals surface area contributed by atoms with Crippen LogP contribution in [0.2, 0.25) is 0 Å². The summed E-state index contributed by atoms with van der Waals surface area (Å²) in [6.45, 7) is 2.05. The van der Waals surface area contributed by atoms with Crippen molar-refractivity contribution in [1.82, 2.24) is 15.0 Å². The van der Waals surface area contributed by atoms with Crippen molar-refractivity contribution in [2.24, 2.45) is 0 Å². The zero-order chi connectivity index (χ0) is 10.7. The molecule has 0 aromatic carbocycles. The normalized spacial score (nSPS) is 10.2. The second kappa shape index (κ2) is 4.04. The molecule has 76 valence electrons. The zero-order valence-corrected chi connectivity index (χ0v) is 8.40. The number of hydrogen-bond donors (Lipinski definition) is 1. The third kappa shape index (κ3) is 2.10. The van der Waals surface area contributed by atoms with Crippen molar-refractivity contribution in [1.29, 1.82) is 0 Å². The minimum atomic E-state index is -0.143. The Balaban J connectivity index is 2.41. The number of nitrogens with one attached hydrogen (secondary N) is 1. The highest BCUT2D eigenvalue weighted by Gasteiger charge is 2.00. The average molecular weight is 201 g/mol. The van der Waals surface area contributed by atoms with Gasteiger partial charge in [0.1, 0.15) is 0 Å². The van der Waals surface area contributed by atoms with E-state index >= 15 is 0 Å². The van der Waals surface area contributed by atoms with Crippen molar-refractivity contribution in [2.45, 2.75) is 13.3 Å². The first-order valence-corrected chi connectivity index (χ1v) is 4.79. The second-order valence-corrected chi connectivity index (χ2v) is 3.21. The first-order valence-electron chi connectivity index (χ1n) is 4.79. The van der Waals surface area contributed by atoms with Gasteiger partial charge >= 0.3 is 0 Å². The fourth-order valence-electron chi connectivity index (χ4n) is 1.27. The molecule has 2 aromatic heterocycles. The van der Waals surface area contributed by atoms with E-state index in [2.05, 4.69) is 15.0 Å². The molecule has 2 heterocycles. The smallest absolute Gasteiger partial charge is 0.248 e. The van der Waals surface area contributed by atoms with E-state index in [0.29, 0.717) is 5.82 Å². The van der Waals surface area contributed by atoms with E-state index in [9.17, 15) is 4.79 Å². The molecular formula is C11H11N3O. The van der Waals surface area contributed by atoms with Crippen LogP contribution in [0, 0.1) is 0 Å². The predicted octanol–water partition coefficient (Wildman–Crippen LogP) is 1.39. The van der Waals surface area contributed by atoms with Gasteiger partial charge in [-0.25, -0.2) is 9.97 Å². The van der Waals surface area contributed by atoms with Gasteiger partial charge in [-0.2, -0.15) is 0 Å². The summed E-state index contributed by atoms with van der Waals surface area (Å²) in [6, 6.07) is 3.27. The van der Waals surface area contributed by atoms with Gasteiger partial charge in [-0.3, -0.25) is 4.79 Å². The Kier molecular flexibility index (Phi) is 2.58. The number of H-pyrrole nitrogens is 1. The highest BCUT2D eigenvalue weighted by atomic mass is 16.1. The van der Waals surface area contributed by atoms with Crippen LogP contribution in [0.25, 0.3) is 11.4 Å². The summed E-state index contributed by atoms with van der Waals surface area (Å²) in [4.78, 5) is 22.0. The quantitative estimate of drug-likeness (QED) is 0.798. The van der Waals surface area contributed by atoms with Gasteiger partial charge in [0.2, 0.25) is 5.56 Å². The van der Waals surface area contributed by atoms with Crippen LogP contribution in [0.4, 0.5) is 0 Å². The van der Waals surface area contributed by atoms with E-state index in [1.807, 2.05) is 6.92 Å². The maximum absolute atomic E-state index is 11.1. The van der Waals surface area contributed by atoms with E-state index in [-0.39, 0.29) is 5.56 Å². The Morgan fingerprint density at radius 1 is 1.33 bits per heavy atom. The zero-order valence-electron chi connectivity index (χ0n) is 8.40. The fraction of sp³-hybridized carbons (Fsp3) is 0.182. The lowest BCUT2D eigenvalue weighted by Gasteiger charge is -1.99. The van der Waals surface area contributed by atoms with Crippen LogP contribution in [0.5, 0.6) is 0 Å². The topological polar surface area (TPSA) is 58.6 Å².